The molecular weight excluding hydrogens is 304 g/mol. The second kappa shape index (κ2) is 8.24. The van der Waals surface area contributed by atoms with Crippen LogP contribution in [-0.4, -0.2) is 62.9 Å². The number of likely N-dealkylation sites (tertiary alicyclic amines) is 1. The first-order chi connectivity index (χ1) is 11.8. The fourth-order valence-electron chi connectivity index (χ4n) is 3.34. The van der Waals surface area contributed by atoms with Crippen LogP contribution < -0.4 is 15.5 Å². The van der Waals surface area contributed by atoms with Crippen LogP contribution in [0.2, 0.25) is 0 Å². The van der Waals surface area contributed by atoms with Gasteiger partial charge in [-0.2, -0.15) is 0 Å². The van der Waals surface area contributed by atoms with Crippen molar-refractivity contribution in [2.45, 2.75) is 25.8 Å². The fourth-order valence-corrected chi connectivity index (χ4v) is 3.34. The number of ether oxygens (including phenoxy) is 1. The van der Waals surface area contributed by atoms with Crippen molar-refractivity contribution >= 4 is 17.4 Å². The number of piperidine rings is 1. The number of hydrogen-bond donors (Lipinski definition) is 2. The molecule has 6 nitrogen and oxygen atoms in total. The van der Waals surface area contributed by atoms with E-state index in [1.165, 1.54) is 5.69 Å². The Balaban J connectivity index is 1.52. The molecule has 2 amide bonds. The van der Waals surface area contributed by atoms with E-state index in [-0.39, 0.29) is 6.03 Å². The third kappa shape index (κ3) is 4.32. The van der Waals surface area contributed by atoms with Crippen molar-refractivity contribution < 1.29 is 9.53 Å². The average Bonchev–Trinajstić information content (AvgIpc) is 2.63. The third-order valence-electron chi connectivity index (χ3n) is 4.70. The molecule has 0 aliphatic carbocycles. The molecule has 6 heteroatoms. The van der Waals surface area contributed by atoms with Crippen molar-refractivity contribution in [3.8, 4) is 0 Å². The SMILES string of the molecule is CCNC(=O)N1CCC(Nc2cccc(N3CCOCC3)c2)CC1. The first-order valence-corrected chi connectivity index (χ1v) is 8.98. The van der Waals surface area contributed by atoms with Crippen LogP contribution in [0.25, 0.3) is 0 Å². The van der Waals surface area contributed by atoms with E-state index in [2.05, 4.69) is 39.8 Å². The third-order valence-corrected chi connectivity index (χ3v) is 4.70. The molecule has 0 radical (unpaired) electrons. The Labute approximate surface area is 144 Å². The summed E-state index contributed by atoms with van der Waals surface area (Å²) in [7, 11) is 0. The quantitative estimate of drug-likeness (QED) is 0.887. The maximum absolute atomic E-state index is 11.9. The molecule has 132 valence electrons. The molecule has 1 aromatic carbocycles. The maximum Gasteiger partial charge on any atom is 0.317 e. The molecule has 2 N–H and O–H groups in total. The molecule has 0 bridgehead atoms. The molecule has 0 atom stereocenters. The molecule has 2 heterocycles. The van der Waals surface area contributed by atoms with Gasteiger partial charge in [0, 0.05) is 50.1 Å². The fraction of sp³-hybridized carbons (Fsp3) is 0.611. The van der Waals surface area contributed by atoms with Gasteiger partial charge in [-0.05, 0) is 38.0 Å². The van der Waals surface area contributed by atoms with E-state index < -0.39 is 0 Å². The Morgan fingerprint density at radius 3 is 2.67 bits per heavy atom. The highest BCUT2D eigenvalue weighted by Crippen LogP contribution is 2.23. The minimum atomic E-state index is 0.0604. The zero-order valence-electron chi connectivity index (χ0n) is 14.5. The summed E-state index contributed by atoms with van der Waals surface area (Å²) in [4.78, 5) is 16.1. The largest absolute Gasteiger partial charge is 0.382 e. The number of carbonyl (C=O) groups excluding carboxylic acids is 1. The lowest BCUT2D eigenvalue weighted by Gasteiger charge is -2.33. The van der Waals surface area contributed by atoms with Gasteiger partial charge in [0.15, 0.2) is 0 Å². The number of carbonyl (C=O) groups is 1. The van der Waals surface area contributed by atoms with E-state index in [9.17, 15) is 4.79 Å². The van der Waals surface area contributed by atoms with Crippen LogP contribution in [0.1, 0.15) is 19.8 Å². The summed E-state index contributed by atoms with van der Waals surface area (Å²) in [6.45, 7) is 7.77. The summed E-state index contributed by atoms with van der Waals surface area (Å²) < 4.78 is 5.43. The Morgan fingerprint density at radius 2 is 1.96 bits per heavy atom. The lowest BCUT2D eigenvalue weighted by atomic mass is 10.0. The zero-order chi connectivity index (χ0) is 16.8. The molecule has 2 aliphatic rings. The van der Waals surface area contributed by atoms with Crippen LogP contribution >= 0.6 is 0 Å². The molecule has 2 fully saturated rings. The normalized spacial score (nSPS) is 19.2. The number of morpholine rings is 1. The van der Waals surface area contributed by atoms with Crippen LogP contribution in [-0.2, 0) is 4.74 Å². The van der Waals surface area contributed by atoms with Gasteiger partial charge in [0.2, 0.25) is 0 Å². The highest BCUT2D eigenvalue weighted by molar-refractivity contribution is 5.74. The average molecular weight is 332 g/mol. The van der Waals surface area contributed by atoms with Crippen LogP contribution in [0.15, 0.2) is 24.3 Å². The monoisotopic (exact) mass is 332 g/mol. The topological polar surface area (TPSA) is 56.8 Å². The van der Waals surface area contributed by atoms with E-state index in [1.54, 1.807) is 0 Å². The summed E-state index contributed by atoms with van der Waals surface area (Å²) in [6, 6.07) is 9.10. The van der Waals surface area contributed by atoms with E-state index in [1.807, 2.05) is 11.8 Å². The molecular formula is C18H28N4O2. The number of anilines is 2. The number of nitrogens with zero attached hydrogens (tertiary/aromatic N) is 2. The molecule has 2 aliphatic heterocycles. The first kappa shape index (κ1) is 16.9. The predicted octanol–water partition coefficient (Wildman–Crippen LogP) is 2.13. The first-order valence-electron chi connectivity index (χ1n) is 8.98. The minimum absolute atomic E-state index is 0.0604. The second-order valence-corrected chi connectivity index (χ2v) is 6.39. The summed E-state index contributed by atoms with van der Waals surface area (Å²) in [6.07, 6.45) is 1.97. The number of benzene rings is 1. The van der Waals surface area contributed by atoms with Gasteiger partial charge >= 0.3 is 6.03 Å². The van der Waals surface area contributed by atoms with Crippen molar-refractivity contribution in [2.75, 3.05) is 56.2 Å². The van der Waals surface area contributed by atoms with Crippen molar-refractivity contribution in [3.05, 3.63) is 24.3 Å². The molecule has 2 saturated heterocycles. The maximum atomic E-state index is 11.9. The number of hydrogen-bond acceptors (Lipinski definition) is 4. The number of rotatable bonds is 4. The Bertz CT molecular complexity index is 538. The van der Waals surface area contributed by atoms with E-state index in [0.29, 0.717) is 12.6 Å². The second-order valence-electron chi connectivity index (χ2n) is 6.39. The van der Waals surface area contributed by atoms with E-state index in [0.717, 1.165) is 57.9 Å². The summed E-state index contributed by atoms with van der Waals surface area (Å²) >= 11 is 0. The smallest absolute Gasteiger partial charge is 0.317 e. The van der Waals surface area contributed by atoms with Gasteiger partial charge in [0.05, 0.1) is 13.2 Å². The Kier molecular flexibility index (Phi) is 5.80. The molecule has 0 saturated carbocycles. The molecule has 1 aromatic rings. The van der Waals surface area contributed by atoms with Gasteiger partial charge in [-0.3, -0.25) is 0 Å². The lowest BCUT2D eigenvalue weighted by molar-refractivity contribution is 0.122. The van der Waals surface area contributed by atoms with E-state index in [4.69, 9.17) is 4.74 Å². The highest BCUT2D eigenvalue weighted by Gasteiger charge is 2.22. The molecule has 3 rings (SSSR count). The Morgan fingerprint density at radius 1 is 1.21 bits per heavy atom. The van der Waals surface area contributed by atoms with Crippen LogP contribution in [0.3, 0.4) is 0 Å². The zero-order valence-corrected chi connectivity index (χ0v) is 14.5. The van der Waals surface area contributed by atoms with Crippen molar-refractivity contribution in [3.63, 3.8) is 0 Å². The molecule has 0 unspecified atom stereocenters. The summed E-state index contributed by atoms with van der Waals surface area (Å²) in [5.41, 5.74) is 2.42. The number of amides is 2. The van der Waals surface area contributed by atoms with Crippen LogP contribution in [0.4, 0.5) is 16.2 Å². The summed E-state index contributed by atoms with van der Waals surface area (Å²) in [5, 5.41) is 6.51. The van der Waals surface area contributed by atoms with Crippen LogP contribution in [0, 0.1) is 0 Å². The van der Waals surface area contributed by atoms with Gasteiger partial charge in [-0.1, -0.05) is 6.07 Å². The highest BCUT2D eigenvalue weighted by atomic mass is 16.5. The van der Waals surface area contributed by atoms with Crippen molar-refractivity contribution in [1.82, 2.24) is 10.2 Å². The van der Waals surface area contributed by atoms with E-state index >= 15 is 0 Å². The van der Waals surface area contributed by atoms with Crippen molar-refractivity contribution in [1.29, 1.82) is 0 Å². The van der Waals surface area contributed by atoms with Gasteiger partial charge < -0.3 is 25.2 Å². The Hall–Kier alpha value is -1.95. The summed E-state index contributed by atoms with van der Waals surface area (Å²) in [5.74, 6) is 0. The minimum Gasteiger partial charge on any atom is -0.382 e. The van der Waals surface area contributed by atoms with Gasteiger partial charge in [0.25, 0.3) is 0 Å². The number of nitrogens with one attached hydrogen (secondary N) is 2. The van der Waals surface area contributed by atoms with Crippen LogP contribution in [0.5, 0.6) is 0 Å². The van der Waals surface area contributed by atoms with Gasteiger partial charge in [-0.15, -0.1) is 0 Å². The molecule has 0 aromatic heterocycles. The standard InChI is InChI=1S/C18H28N4O2/c1-2-19-18(23)22-8-6-15(7-9-22)20-16-4-3-5-17(14-16)21-10-12-24-13-11-21/h3-5,14-15,20H,2,6-13H2,1H3,(H,19,23). The van der Waals surface area contributed by atoms with Gasteiger partial charge in [-0.25, -0.2) is 4.79 Å². The molecule has 24 heavy (non-hydrogen) atoms. The van der Waals surface area contributed by atoms with Gasteiger partial charge in [0.1, 0.15) is 0 Å². The lowest BCUT2D eigenvalue weighted by Crippen LogP contribution is -2.46. The molecule has 0 spiro atoms. The number of urea groups is 1. The van der Waals surface area contributed by atoms with Crippen molar-refractivity contribution in [2.24, 2.45) is 0 Å². The predicted molar refractivity (Wildman–Crippen MR) is 96.8 cm³/mol.